The summed E-state index contributed by atoms with van der Waals surface area (Å²) in [5, 5.41) is 3.58. The minimum Gasteiger partial charge on any atom is -0.314 e. The van der Waals surface area contributed by atoms with Crippen LogP contribution in [0.3, 0.4) is 0 Å². The molecule has 0 saturated heterocycles. The van der Waals surface area contributed by atoms with Crippen LogP contribution >= 0.6 is 0 Å². The molecule has 0 amide bonds. The average molecular weight is 218 g/mol. The molecule has 0 radical (unpaired) electrons. The number of nitrogens with one attached hydrogen (secondary N) is 1. The maximum Gasteiger partial charge on any atom is 0.0306 e. The van der Waals surface area contributed by atoms with E-state index in [-0.39, 0.29) is 0 Å². The highest BCUT2D eigenvalue weighted by atomic mass is 14.9. The lowest BCUT2D eigenvalue weighted by atomic mass is 9.59. The highest BCUT2D eigenvalue weighted by Gasteiger charge is 2.43. The fraction of sp³-hybridized carbons (Fsp3) is 0.643. The Labute approximate surface area is 98.5 Å². The first-order chi connectivity index (χ1) is 7.62. The van der Waals surface area contributed by atoms with Crippen molar-refractivity contribution in [3.05, 3.63) is 30.1 Å². The van der Waals surface area contributed by atoms with Crippen LogP contribution in [0.2, 0.25) is 0 Å². The number of hydrogen-bond donors (Lipinski definition) is 1. The Balaban J connectivity index is 2.11. The molecule has 0 spiro atoms. The van der Waals surface area contributed by atoms with Gasteiger partial charge in [0.05, 0.1) is 0 Å². The van der Waals surface area contributed by atoms with Gasteiger partial charge in [-0.25, -0.2) is 0 Å². The van der Waals surface area contributed by atoms with Gasteiger partial charge < -0.3 is 5.32 Å². The Bertz CT molecular complexity index is 326. The van der Waals surface area contributed by atoms with Gasteiger partial charge >= 0.3 is 0 Å². The van der Waals surface area contributed by atoms with Crippen LogP contribution in [-0.4, -0.2) is 17.6 Å². The summed E-state index contributed by atoms with van der Waals surface area (Å²) in [6.07, 6.45) is 6.47. The van der Waals surface area contributed by atoms with Gasteiger partial charge in [0.15, 0.2) is 0 Å². The van der Waals surface area contributed by atoms with Gasteiger partial charge in [-0.2, -0.15) is 0 Å². The second-order valence-electron chi connectivity index (χ2n) is 5.57. The lowest BCUT2D eigenvalue weighted by Gasteiger charge is -2.47. The second kappa shape index (κ2) is 4.54. The Morgan fingerprint density at radius 1 is 1.50 bits per heavy atom. The maximum absolute atomic E-state index is 4.26. The van der Waals surface area contributed by atoms with Gasteiger partial charge in [0.25, 0.3) is 0 Å². The summed E-state index contributed by atoms with van der Waals surface area (Å²) in [6.45, 7) is 7.84. The molecular formula is C14H22N2. The van der Waals surface area contributed by atoms with Crippen molar-refractivity contribution in [2.24, 2.45) is 5.92 Å². The molecule has 0 bridgehead atoms. The molecule has 1 N–H and O–H groups in total. The molecule has 2 nitrogen and oxygen atoms in total. The van der Waals surface area contributed by atoms with Crippen LogP contribution in [0.4, 0.5) is 0 Å². The molecule has 1 heterocycles. The molecule has 1 saturated carbocycles. The van der Waals surface area contributed by atoms with Crippen molar-refractivity contribution in [3.63, 3.8) is 0 Å². The number of pyridine rings is 1. The van der Waals surface area contributed by atoms with Crippen molar-refractivity contribution >= 4 is 0 Å². The Morgan fingerprint density at radius 3 is 2.75 bits per heavy atom. The zero-order valence-corrected chi connectivity index (χ0v) is 10.5. The summed E-state index contributed by atoms with van der Waals surface area (Å²) in [7, 11) is 0. The van der Waals surface area contributed by atoms with E-state index in [0.717, 1.165) is 12.5 Å². The third kappa shape index (κ3) is 2.27. The van der Waals surface area contributed by atoms with Crippen LogP contribution in [0.1, 0.15) is 39.2 Å². The first-order valence-corrected chi connectivity index (χ1v) is 6.26. The first kappa shape index (κ1) is 11.6. The monoisotopic (exact) mass is 218 g/mol. The summed E-state index contributed by atoms with van der Waals surface area (Å²) < 4.78 is 0. The zero-order valence-electron chi connectivity index (χ0n) is 10.5. The largest absolute Gasteiger partial charge is 0.314 e. The highest BCUT2D eigenvalue weighted by molar-refractivity contribution is 5.26. The summed E-state index contributed by atoms with van der Waals surface area (Å²) in [4.78, 5) is 4.26. The zero-order chi connectivity index (χ0) is 11.6. The normalized spacial score (nSPS) is 29.1. The molecule has 1 aromatic heterocycles. The molecule has 2 rings (SSSR count). The Kier molecular flexibility index (Phi) is 3.29. The van der Waals surface area contributed by atoms with Crippen molar-refractivity contribution in [3.8, 4) is 0 Å². The van der Waals surface area contributed by atoms with E-state index < -0.39 is 0 Å². The number of nitrogens with zero attached hydrogens (tertiary/aromatic N) is 1. The summed E-state index contributed by atoms with van der Waals surface area (Å²) >= 11 is 0. The smallest absolute Gasteiger partial charge is 0.0306 e. The van der Waals surface area contributed by atoms with E-state index in [1.165, 1.54) is 18.4 Å². The summed E-state index contributed by atoms with van der Waals surface area (Å²) in [5.41, 5.74) is 1.75. The predicted octanol–water partition coefficient (Wildman–Crippen LogP) is 2.75. The van der Waals surface area contributed by atoms with Crippen LogP contribution in [0.25, 0.3) is 0 Å². The number of hydrogen-bond acceptors (Lipinski definition) is 2. The van der Waals surface area contributed by atoms with Crippen LogP contribution in [0.5, 0.6) is 0 Å². The van der Waals surface area contributed by atoms with Gasteiger partial charge in [0.2, 0.25) is 0 Å². The highest BCUT2D eigenvalue weighted by Crippen LogP contribution is 2.46. The third-order valence-electron chi connectivity index (χ3n) is 3.60. The molecule has 1 aliphatic carbocycles. The van der Waals surface area contributed by atoms with Crippen LogP contribution in [-0.2, 0) is 5.41 Å². The van der Waals surface area contributed by atoms with Crippen LogP contribution in [0, 0.1) is 5.92 Å². The standard InChI is InChI=1S/C14H22N2/c1-11(2)16-10-14(7-12(3)8-14)13-5-4-6-15-9-13/h4-6,9,11-12,16H,7-8,10H2,1-3H3. The SMILES string of the molecule is CC1CC(CNC(C)C)(c2cccnc2)C1. The molecule has 16 heavy (non-hydrogen) atoms. The van der Waals surface area contributed by atoms with E-state index in [9.17, 15) is 0 Å². The van der Waals surface area contributed by atoms with Gasteiger partial charge in [-0.15, -0.1) is 0 Å². The lowest BCUT2D eigenvalue weighted by Crippen LogP contribution is -2.49. The van der Waals surface area contributed by atoms with E-state index in [1.54, 1.807) is 0 Å². The number of rotatable bonds is 4. The summed E-state index contributed by atoms with van der Waals surface area (Å²) in [5.74, 6) is 0.856. The van der Waals surface area contributed by atoms with Crippen molar-refractivity contribution in [2.75, 3.05) is 6.54 Å². The molecular weight excluding hydrogens is 196 g/mol. The minimum atomic E-state index is 0.345. The van der Waals surface area contributed by atoms with Crippen molar-refractivity contribution in [1.82, 2.24) is 10.3 Å². The molecule has 0 unspecified atom stereocenters. The van der Waals surface area contributed by atoms with E-state index in [1.807, 2.05) is 12.4 Å². The molecule has 0 aliphatic heterocycles. The van der Waals surface area contributed by atoms with E-state index >= 15 is 0 Å². The van der Waals surface area contributed by atoms with Gasteiger partial charge in [-0.1, -0.05) is 26.8 Å². The third-order valence-corrected chi connectivity index (χ3v) is 3.60. The van der Waals surface area contributed by atoms with Gasteiger partial charge in [0, 0.05) is 30.4 Å². The van der Waals surface area contributed by atoms with Crippen molar-refractivity contribution in [1.29, 1.82) is 0 Å². The lowest BCUT2D eigenvalue weighted by molar-refractivity contribution is 0.149. The number of aromatic nitrogens is 1. The fourth-order valence-electron chi connectivity index (χ4n) is 2.83. The van der Waals surface area contributed by atoms with Gasteiger partial charge in [-0.05, 0) is 30.4 Å². The van der Waals surface area contributed by atoms with Gasteiger partial charge in [-0.3, -0.25) is 4.98 Å². The minimum absolute atomic E-state index is 0.345. The molecule has 1 aliphatic rings. The topological polar surface area (TPSA) is 24.9 Å². The second-order valence-corrected chi connectivity index (χ2v) is 5.57. The predicted molar refractivity (Wildman–Crippen MR) is 67.5 cm³/mol. The molecule has 1 fully saturated rings. The van der Waals surface area contributed by atoms with Crippen molar-refractivity contribution in [2.45, 2.75) is 45.1 Å². The van der Waals surface area contributed by atoms with Gasteiger partial charge in [0.1, 0.15) is 0 Å². The van der Waals surface area contributed by atoms with Crippen LogP contribution < -0.4 is 5.32 Å². The quantitative estimate of drug-likeness (QED) is 0.840. The van der Waals surface area contributed by atoms with Crippen LogP contribution in [0.15, 0.2) is 24.5 Å². The molecule has 0 atom stereocenters. The summed E-state index contributed by atoms with van der Waals surface area (Å²) in [6, 6.07) is 4.83. The molecule has 1 aromatic rings. The van der Waals surface area contributed by atoms with Crippen molar-refractivity contribution < 1.29 is 0 Å². The fourth-order valence-corrected chi connectivity index (χ4v) is 2.83. The molecule has 0 aromatic carbocycles. The maximum atomic E-state index is 4.26. The Hall–Kier alpha value is -0.890. The van der Waals surface area contributed by atoms with E-state index in [4.69, 9.17) is 0 Å². The Morgan fingerprint density at radius 2 is 2.25 bits per heavy atom. The first-order valence-electron chi connectivity index (χ1n) is 6.26. The molecule has 2 heteroatoms. The van der Waals surface area contributed by atoms with E-state index in [0.29, 0.717) is 11.5 Å². The molecule has 88 valence electrons. The van der Waals surface area contributed by atoms with E-state index in [2.05, 4.69) is 43.2 Å². The average Bonchev–Trinajstić information content (AvgIpc) is 2.24.